The summed E-state index contributed by atoms with van der Waals surface area (Å²) in [5, 5.41) is 4.94. The summed E-state index contributed by atoms with van der Waals surface area (Å²) in [5.41, 5.74) is 7.55. The molecule has 4 aliphatic rings. The van der Waals surface area contributed by atoms with E-state index in [1.165, 1.54) is 37.1 Å². The predicted molar refractivity (Wildman–Crippen MR) is 566 cm³/mol. The summed E-state index contributed by atoms with van der Waals surface area (Å²) in [7, 11) is 6.93. The Bertz CT molecular complexity index is 9970. The van der Waals surface area contributed by atoms with Crippen LogP contribution in [0.4, 0.5) is 0 Å². The molecule has 138 heavy (non-hydrogen) atoms. The molecule has 1 atom stereocenters. The van der Waals surface area contributed by atoms with Crippen molar-refractivity contribution < 1.29 is 93.5 Å². The van der Waals surface area contributed by atoms with Gasteiger partial charge in [-0.05, 0) is 217 Å². The minimum absolute atomic E-state index is 0.00426. The lowest BCUT2D eigenvalue weighted by Crippen LogP contribution is -2.32. The Hall–Kier alpha value is -13.8. The molecule has 0 saturated heterocycles. The van der Waals surface area contributed by atoms with E-state index in [4.69, 9.17) is 85.2 Å². The Balaban J connectivity index is 0.000000135. The third kappa shape index (κ3) is 13.8. The van der Waals surface area contributed by atoms with Gasteiger partial charge in [0.1, 0.15) is 39.4 Å². The van der Waals surface area contributed by atoms with Gasteiger partial charge in [0.2, 0.25) is 39.9 Å². The van der Waals surface area contributed by atoms with E-state index in [1.54, 1.807) is 235 Å². The van der Waals surface area contributed by atoms with Crippen molar-refractivity contribution in [3.05, 3.63) is 331 Å². The van der Waals surface area contributed by atoms with E-state index in [0.717, 1.165) is 27.6 Å². The van der Waals surface area contributed by atoms with Crippen molar-refractivity contribution in [1.82, 2.24) is 19.9 Å². The van der Waals surface area contributed by atoms with Gasteiger partial charge in [-0.25, -0.2) is 33.2 Å². The second kappa shape index (κ2) is 33.0. The maximum absolute atomic E-state index is 9.04. The fraction of sp³-hybridized carbons (Fsp3) is 0.302. The number of hydrogen-bond donors (Lipinski definition) is 0. The Morgan fingerprint density at radius 1 is 0.326 bits per heavy atom. The summed E-state index contributed by atoms with van der Waals surface area (Å²) in [6, 6.07) is 53.5. The first-order valence-corrected chi connectivity index (χ1v) is 45.6. The molecule has 692 valence electrons. The van der Waals surface area contributed by atoms with Gasteiger partial charge >= 0.3 is 0 Å². The summed E-state index contributed by atoms with van der Waals surface area (Å²) in [5.74, 6) is -4.89. The van der Waals surface area contributed by atoms with Crippen LogP contribution in [0.3, 0.4) is 0 Å². The number of aryl methyl sites for hydroxylation is 12. The van der Waals surface area contributed by atoms with Crippen molar-refractivity contribution in [3.8, 4) is 89.7 Å². The average Bonchev–Trinajstić information content (AvgIpc) is 1.54. The summed E-state index contributed by atoms with van der Waals surface area (Å²) >= 11 is 0. The first kappa shape index (κ1) is 54.3. The molecule has 8 aromatic carbocycles. The molecule has 4 aliphatic carbocycles. The molecule has 20 aromatic rings. The molecule has 1 unspecified atom stereocenters. The molecule has 0 aliphatic heterocycles. The molecule has 12 aromatic heterocycles. The van der Waals surface area contributed by atoms with Crippen molar-refractivity contribution in [2.75, 3.05) is 0 Å². The predicted octanol–water partition coefficient (Wildman–Crippen LogP) is 30.9. The minimum atomic E-state index is -3.21. The molecular formula is C126H128N8O4+4. The number of rotatable bonds is 10. The van der Waals surface area contributed by atoms with Crippen LogP contribution in [0.5, 0.6) is 0 Å². The third-order valence-electron chi connectivity index (χ3n) is 28.2. The highest BCUT2D eigenvalue weighted by Crippen LogP contribution is 2.57. The number of aromatic nitrogens is 8. The van der Waals surface area contributed by atoms with Gasteiger partial charge in [0.25, 0.3) is 0 Å². The molecule has 0 spiro atoms. The Morgan fingerprint density at radius 3 is 1.14 bits per heavy atom. The van der Waals surface area contributed by atoms with Crippen LogP contribution in [-0.2, 0) is 49.9 Å². The SMILES string of the molecule is [2H]C([2H])([2H])CC1(C([2H])([2H])C([2H])([2H])[2H])c2ccccc2-c2cc3c(nc21)oc1c(-c2cc(C([2H])(C)C)c(C([2H])([2H])[2H])c[n+]2C)c(C)ccc13.[2H]C([2H])([2H])c1c[n+](C)c(-c2c(C)ccc3c2oc2cc4c(cc23)-c2cccnc2C4(C([2H])([2H])[2H])C([2H])([2H])[2H])cc1C([2H])(C)C.[2H]C([2H])([2H])c1c[n+](C)c(-c2c(C)ccc3c2oc2nc4c(cc23)-c2ccccc2C4(C([2H])([2H])[2H])C([2H])([2H])[2H])cc1C([2H])(C)C.[2H]C([2H])([2H])c1c[n+](C)c(-c2c(C)ccc3c2oc2nc4c(cc23)C(C([2H])([2H])[2H])(C([2H])([2H])[2H])c2ccccc2-4)cc1C([2H])(C)C. The summed E-state index contributed by atoms with van der Waals surface area (Å²) in [6.45, 7) is -12.6. The van der Waals surface area contributed by atoms with Gasteiger partial charge in [-0.15, -0.1) is 0 Å². The molecule has 0 bridgehead atoms. The normalized spacial score (nSPS) is 20.9. The quantitative estimate of drug-likeness (QED) is 0.124. The van der Waals surface area contributed by atoms with E-state index < -0.39 is 140 Å². The fourth-order valence-electron chi connectivity index (χ4n) is 21.1. The summed E-state index contributed by atoms with van der Waals surface area (Å²) < 4.78 is 385. The zero-order chi connectivity index (χ0) is 133. The zero-order valence-corrected chi connectivity index (χ0v) is 79.2. The highest BCUT2D eigenvalue weighted by Gasteiger charge is 2.45. The van der Waals surface area contributed by atoms with Crippen LogP contribution >= 0.6 is 0 Å². The number of pyridine rings is 8. The highest BCUT2D eigenvalue weighted by molar-refractivity contribution is 6.15. The Labute approximate surface area is 870 Å². The zero-order valence-electron chi connectivity index (χ0n) is 121. The number of fused-ring (bicyclic) bond motifs is 24. The number of nitrogens with zero attached hydrogens (tertiary/aromatic N) is 8. The molecule has 24 rings (SSSR count). The molecular weight excluding hydrogens is 1690 g/mol. The Kier molecular flexibility index (Phi) is 13.0. The summed E-state index contributed by atoms with van der Waals surface area (Å²) in [4.78, 5) is 18.6. The van der Waals surface area contributed by atoms with E-state index in [0.29, 0.717) is 172 Å². The molecule has 0 radical (unpaired) electrons. The molecule has 0 N–H and O–H groups in total. The van der Waals surface area contributed by atoms with Crippen molar-refractivity contribution in [3.63, 3.8) is 0 Å². The van der Waals surface area contributed by atoms with Crippen LogP contribution < -0.4 is 18.3 Å². The smallest absolute Gasteiger partial charge is 0.227 e. The number of furan rings is 4. The second-order valence-electron chi connectivity index (χ2n) is 37.9. The topological polar surface area (TPSA) is 120 Å². The van der Waals surface area contributed by atoms with E-state index in [2.05, 4.69) is 9.97 Å². The molecule has 0 amide bonds. The number of benzene rings is 8. The third-order valence-corrected chi connectivity index (χ3v) is 28.2. The standard InChI is InChI=1S/C33H35N2O.3C31H31N2O/c1-8-33(9-2)27-13-11-10-12-22(27)25-16-26-23-15-14-20(5)29(30(23)36-32(26)34-31(25)33)28-17-24(19(3)4)21(6)18-35(28)7;1-17(2)22-14-26(33(7)16-19(22)4)28-18(3)10-11-20-24-13-23-21-9-8-12-32-30(21)31(5,6)25(23)15-27(24)34-29(20)28;1-17(2)22-15-26(33(7)16-19(22)4)27-18(3)12-13-20-23-14-25-28(32-30(23)34-29(20)27)21-10-8-9-11-24(21)31(25,5)6;1-17(2)22-15-26(33(7)16-19(22)4)27-18(3)12-13-21-24-14-23-20-10-8-9-11-25(20)31(5,6)29(23)32-30(24)34-28(21)27/h10-19H,8-9H2,1-7H3;3*8-17H,1-7H3/q4*+1/i1D3,2D3,6D3,8D2,19D;3*4D3,5D3,6D3,17D. The van der Waals surface area contributed by atoms with Crippen molar-refractivity contribution in [2.45, 2.75) is 223 Å². The van der Waals surface area contributed by atoms with E-state index in [1.807, 2.05) is 76.2 Å². The summed E-state index contributed by atoms with van der Waals surface area (Å²) in [6.07, 6.45) is 3.67. The van der Waals surface area contributed by atoms with Gasteiger partial charge in [-0.3, -0.25) is 4.98 Å². The van der Waals surface area contributed by atoms with Crippen LogP contribution in [0.2, 0.25) is 0 Å². The van der Waals surface area contributed by atoms with Gasteiger partial charge in [0, 0.05) is 197 Å². The second-order valence-corrected chi connectivity index (χ2v) is 37.9. The maximum Gasteiger partial charge on any atom is 0.227 e. The highest BCUT2D eigenvalue weighted by atomic mass is 16.4. The molecule has 0 saturated carbocycles. The lowest BCUT2D eigenvalue weighted by atomic mass is 9.76. The van der Waals surface area contributed by atoms with Crippen LogP contribution in [-0.4, -0.2) is 19.9 Å². The molecule has 12 heteroatoms. The average molecular weight is 1860 g/mol. The first-order valence-electron chi connectivity index (χ1n) is 66.6. The van der Waals surface area contributed by atoms with Crippen LogP contribution in [0.1, 0.15) is 316 Å². The van der Waals surface area contributed by atoms with Crippen LogP contribution in [0.25, 0.3) is 178 Å². The van der Waals surface area contributed by atoms with E-state index >= 15 is 0 Å². The van der Waals surface area contributed by atoms with Gasteiger partial charge in [0.05, 0.1) is 45.0 Å². The van der Waals surface area contributed by atoms with Gasteiger partial charge in [-0.2, -0.15) is 0 Å². The lowest BCUT2D eigenvalue weighted by Gasteiger charge is -2.28. The largest absolute Gasteiger partial charge is 0.455 e. The molecule has 12 heterocycles. The minimum Gasteiger partial charge on any atom is -0.455 e. The van der Waals surface area contributed by atoms with Crippen molar-refractivity contribution in [1.29, 1.82) is 0 Å². The maximum atomic E-state index is 9.04. The Morgan fingerprint density at radius 2 is 0.703 bits per heavy atom. The van der Waals surface area contributed by atoms with Crippen molar-refractivity contribution >= 4 is 88.1 Å². The molecule has 12 nitrogen and oxygen atoms in total. The van der Waals surface area contributed by atoms with Crippen LogP contribution in [0.15, 0.2) is 237 Å². The number of hydrogen-bond acceptors (Lipinski definition) is 8. The molecule has 0 fully saturated rings. The fourth-order valence-corrected chi connectivity index (χ4v) is 21.1. The lowest BCUT2D eigenvalue weighted by molar-refractivity contribution is -0.660. The monoisotopic (exact) mass is 1860 g/mol. The van der Waals surface area contributed by atoms with E-state index in [9.17, 15) is 0 Å². The van der Waals surface area contributed by atoms with Gasteiger partial charge in [0.15, 0.2) is 41.5 Å². The van der Waals surface area contributed by atoms with Gasteiger partial charge < -0.3 is 17.7 Å². The van der Waals surface area contributed by atoms with Crippen molar-refractivity contribution in [2.24, 2.45) is 28.2 Å². The van der Waals surface area contributed by atoms with Crippen LogP contribution in [0, 0.1) is 55.1 Å². The van der Waals surface area contributed by atoms with E-state index in [-0.39, 0.29) is 90.0 Å². The first-order chi connectivity index (χ1) is 82.5. The van der Waals surface area contributed by atoms with Gasteiger partial charge in [-0.1, -0.05) is 238 Å².